The van der Waals surface area contributed by atoms with Crippen LogP contribution in [0.4, 0.5) is 4.79 Å². The predicted octanol–water partition coefficient (Wildman–Crippen LogP) is 2.74. The number of carbonyl (C=O) groups is 4. The van der Waals surface area contributed by atoms with Crippen molar-refractivity contribution in [2.75, 3.05) is 26.9 Å². The molecule has 2 aliphatic carbocycles. The Morgan fingerprint density at radius 2 is 1.81 bits per heavy atom. The van der Waals surface area contributed by atoms with E-state index in [1.54, 1.807) is 40.1 Å². The summed E-state index contributed by atoms with van der Waals surface area (Å²) in [5, 5.41) is 7.10. The zero-order valence-corrected chi connectivity index (χ0v) is 31.5. The van der Waals surface area contributed by atoms with Gasteiger partial charge in [0.05, 0.1) is 19.8 Å². The van der Waals surface area contributed by atoms with E-state index in [1.807, 2.05) is 29.8 Å². The van der Waals surface area contributed by atoms with Crippen LogP contribution in [0.15, 0.2) is 30.5 Å². The Balaban J connectivity index is 1.28. The molecule has 0 bridgehead atoms. The van der Waals surface area contributed by atoms with E-state index in [0.717, 1.165) is 5.39 Å². The number of fused-ring (bicyclic) bond motifs is 1. The first kappa shape index (κ1) is 38.5. The summed E-state index contributed by atoms with van der Waals surface area (Å²) in [5.74, 6) is -1.80. The minimum Gasteiger partial charge on any atom is -0.497 e. The monoisotopic (exact) mass is 759 g/mol. The molecular weight excluding hydrogens is 710 g/mol. The lowest BCUT2D eigenvalue weighted by molar-refractivity contribution is -0.142. The SMILES string of the molecule is CC[C@@H]1C[C@]1(NC(=O)[C@@H]1CC(Oc2nccc3cc(OC)ccc23)CN1C(=O)[C@@H](NC(=O)OC(C)(C)C)C1CCOCC1)C(=O)NS(=O)(=O)OC1CC1. The van der Waals surface area contributed by atoms with Crippen LogP contribution in [-0.4, -0.2) is 104 Å². The number of nitrogens with one attached hydrogen (secondary N) is 3. The summed E-state index contributed by atoms with van der Waals surface area (Å²) in [6.07, 6.45) is 2.45. The van der Waals surface area contributed by atoms with Gasteiger partial charge in [0.25, 0.3) is 5.91 Å². The highest BCUT2D eigenvalue weighted by atomic mass is 32.2. The number of likely N-dealkylation sites (tertiary alicyclic amines) is 1. The molecule has 2 saturated heterocycles. The van der Waals surface area contributed by atoms with Gasteiger partial charge in [0.2, 0.25) is 17.7 Å². The zero-order chi connectivity index (χ0) is 38.1. The third kappa shape index (κ3) is 9.12. The first-order valence-corrected chi connectivity index (χ1v) is 19.6. The van der Waals surface area contributed by atoms with Crippen molar-refractivity contribution in [2.24, 2.45) is 11.8 Å². The van der Waals surface area contributed by atoms with E-state index < -0.39 is 69.6 Å². The smallest absolute Gasteiger partial charge is 0.408 e. The van der Waals surface area contributed by atoms with E-state index in [4.69, 9.17) is 23.1 Å². The van der Waals surface area contributed by atoms with Crippen LogP contribution < -0.4 is 24.8 Å². The Hall–Kier alpha value is -4.22. The quantitative estimate of drug-likeness (QED) is 0.270. The van der Waals surface area contributed by atoms with E-state index >= 15 is 0 Å². The lowest BCUT2D eigenvalue weighted by atomic mass is 9.90. The lowest BCUT2D eigenvalue weighted by Crippen LogP contribution is -2.59. The fraction of sp³-hybridized carbons (Fsp3) is 0.639. The number of carbonyl (C=O) groups excluding carboxylic acids is 4. The molecule has 3 heterocycles. The number of aromatic nitrogens is 1. The maximum atomic E-state index is 14.6. The Bertz CT molecular complexity index is 1830. The second-order valence-electron chi connectivity index (χ2n) is 15.2. The van der Waals surface area contributed by atoms with Crippen LogP contribution >= 0.6 is 0 Å². The number of nitrogens with zero attached hydrogens (tertiary/aromatic N) is 2. The first-order valence-electron chi connectivity index (χ1n) is 18.2. The summed E-state index contributed by atoms with van der Waals surface area (Å²) in [7, 11) is -2.83. The van der Waals surface area contributed by atoms with E-state index in [0.29, 0.717) is 62.3 Å². The van der Waals surface area contributed by atoms with Crippen LogP contribution in [0.1, 0.15) is 72.6 Å². The molecule has 290 valence electrons. The molecular formula is C36H49N5O11S. The highest BCUT2D eigenvalue weighted by Crippen LogP contribution is 2.46. The van der Waals surface area contributed by atoms with Crippen LogP contribution in [-0.2, 0) is 38.3 Å². The first-order chi connectivity index (χ1) is 25.1. The number of methoxy groups -OCH3 is 1. The molecule has 1 aromatic heterocycles. The molecule has 1 aromatic carbocycles. The van der Waals surface area contributed by atoms with Gasteiger partial charge in [-0.3, -0.25) is 18.6 Å². The van der Waals surface area contributed by atoms with Gasteiger partial charge < -0.3 is 34.5 Å². The van der Waals surface area contributed by atoms with Crippen LogP contribution in [0.25, 0.3) is 10.8 Å². The minimum atomic E-state index is -4.40. The van der Waals surface area contributed by atoms with Crippen LogP contribution in [0.2, 0.25) is 0 Å². The van der Waals surface area contributed by atoms with Gasteiger partial charge in [0, 0.05) is 31.2 Å². The highest BCUT2D eigenvalue weighted by Gasteiger charge is 2.62. The van der Waals surface area contributed by atoms with Crippen LogP contribution in [0, 0.1) is 11.8 Å². The molecule has 4 amide bonds. The summed E-state index contributed by atoms with van der Waals surface area (Å²) in [4.78, 5) is 61.4. The average molecular weight is 760 g/mol. The summed E-state index contributed by atoms with van der Waals surface area (Å²) in [6, 6.07) is 5.03. The fourth-order valence-corrected chi connectivity index (χ4v) is 8.12. The molecule has 2 aliphatic heterocycles. The van der Waals surface area contributed by atoms with Gasteiger partial charge in [0.15, 0.2) is 0 Å². The molecule has 4 aliphatic rings. The van der Waals surface area contributed by atoms with Crippen molar-refractivity contribution in [1.82, 2.24) is 25.2 Å². The predicted molar refractivity (Wildman–Crippen MR) is 190 cm³/mol. The number of ether oxygens (including phenoxy) is 4. The largest absolute Gasteiger partial charge is 0.497 e. The normalized spacial score (nSPS) is 25.3. The Labute approximate surface area is 309 Å². The molecule has 2 aromatic rings. The van der Waals surface area contributed by atoms with Gasteiger partial charge in [-0.25, -0.2) is 14.5 Å². The van der Waals surface area contributed by atoms with Crippen molar-refractivity contribution >= 4 is 44.9 Å². The summed E-state index contributed by atoms with van der Waals surface area (Å²) in [5.41, 5.74) is -2.35. The number of rotatable bonds is 13. The molecule has 2 saturated carbocycles. The van der Waals surface area contributed by atoms with Gasteiger partial charge in [-0.15, -0.1) is 0 Å². The van der Waals surface area contributed by atoms with Gasteiger partial charge in [-0.05, 0) is 94.4 Å². The maximum absolute atomic E-state index is 14.6. The molecule has 6 rings (SSSR count). The Morgan fingerprint density at radius 1 is 1.08 bits per heavy atom. The van der Waals surface area contributed by atoms with Crippen LogP contribution in [0.5, 0.6) is 11.6 Å². The Morgan fingerprint density at radius 3 is 2.45 bits per heavy atom. The summed E-state index contributed by atoms with van der Waals surface area (Å²) in [6.45, 7) is 7.73. The van der Waals surface area contributed by atoms with Crippen molar-refractivity contribution in [1.29, 1.82) is 0 Å². The molecule has 16 nitrogen and oxygen atoms in total. The van der Waals surface area contributed by atoms with E-state index in [2.05, 4.69) is 15.6 Å². The number of benzene rings is 1. The number of pyridine rings is 1. The van der Waals surface area contributed by atoms with E-state index in [-0.39, 0.29) is 31.2 Å². The Kier molecular flexibility index (Phi) is 11.1. The molecule has 4 fully saturated rings. The summed E-state index contributed by atoms with van der Waals surface area (Å²) < 4.78 is 55.0. The van der Waals surface area contributed by atoms with Gasteiger partial charge >= 0.3 is 16.4 Å². The van der Waals surface area contributed by atoms with Gasteiger partial charge in [0.1, 0.15) is 35.1 Å². The molecule has 17 heteroatoms. The van der Waals surface area contributed by atoms with E-state index in [9.17, 15) is 27.6 Å². The third-order valence-electron chi connectivity index (χ3n) is 10.1. The molecule has 5 atom stereocenters. The fourth-order valence-electron chi connectivity index (χ4n) is 7.11. The van der Waals surface area contributed by atoms with Crippen molar-refractivity contribution in [3.05, 3.63) is 30.5 Å². The number of hydrogen-bond donors (Lipinski definition) is 3. The second-order valence-corrected chi connectivity index (χ2v) is 16.5. The number of alkyl carbamates (subject to hydrolysis) is 1. The lowest BCUT2D eigenvalue weighted by Gasteiger charge is -2.35. The maximum Gasteiger partial charge on any atom is 0.408 e. The third-order valence-corrected chi connectivity index (χ3v) is 11.1. The van der Waals surface area contributed by atoms with Crippen molar-refractivity contribution in [3.63, 3.8) is 0 Å². The topological polar surface area (TPSA) is 201 Å². The number of amides is 4. The molecule has 0 radical (unpaired) electrons. The van der Waals surface area contributed by atoms with Crippen molar-refractivity contribution < 1.29 is 50.7 Å². The molecule has 53 heavy (non-hydrogen) atoms. The number of hydrogen-bond acceptors (Lipinski definition) is 12. The second kappa shape index (κ2) is 15.3. The molecule has 3 N–H and O–H groups in total. The minimum absolute atomic E-state index is 0.0241. The van der Waals surface area contributed by atoms with Gasteiger partial charge in [-0.2, -0.15) is 8.42 Å². The van der Waals surface area contributed by atoms with Gasteiger partial charge in [-0.1, -0.05) is 13.3 Å². The van der Waals surface area contributed by atoms with Crippen LogP contribution in [0.3, 0.4) is 0 Å². The van der Waals surface area contributed by atoms with Crippen molar-refractivity contribution in [3.8, 4) is 11.6 Å². The molecule has 0 spiro atoms. The highest BCUT2D eigenvalue weighted by molar-refractivity contribution is 7.85. The summed E-state index contributed by atoms with van der Waals surface area (Å²) >= 11 is 0. The van der Waals surface area contributed by atoms with Crippen molar-refractivity contribution in [2.45, 2.75) is 108 Å². The average Bonchev–Trinajstić information content (AvgIpc) is 4.02. The zero-order valence-electron chi connectivity index (χ0n) is 30.7. The van der Waals surface area contributed by atoms with E-state index in [1.165, 1.54) is 4.90 Å². The standard InChI is InChI=1S/C36H49N5O11S/c1-6-23-19-36(23,33(44)40-53(46,47)52-24-7-8-24)39-30(42)28-18-26(50-31-27-10-9-25(48-5)17-22(27)11-14-37-31)20-41(28)32(43)29(21-12-15-49-16-13-21)38-34(45)51-35(2,3)4/h9-11,14,17,21,23-24,26,28-29H,6-8,12-13,15-16,18-20H2,1-5H3,(H,38,45)(H,39,42)(H,40,44)/t23-,26?,28+,29+,36-/m1/s1. The molecule has 1 unspecified atom stereocenters.